The highest BCUT2D eigenvalue weighted by Crippen LogP contribution is 2.66. The molecule has 0 aromatic heterocycles. The molecule has 3 nitrogen and oxygen atoms in total. The van der Waals surface area contributed by atoms with Crippen LogP contribution in [0.5, 0.6) is 0 Å². The van der Waals surface area contributed by atoms with E-state index in [-0.39, 0.29) is 23.5 Å². The molecule has 1 aromatic carbocycles. The van der Waals surface area contributed by atoms with Crippen LogP contribution in [0.3, 0.4) is 0 Å². The molecule has 3 rings (SSSR count). The molecule has 1 heterocycles. The molecular weight excluding hydrogens is 250 g/mol. The van der Waals surface area contributed by atoms with Crippen LogP contribution >= 0.6 is 0 Å². The van der Waals surface area contributed by atoms with E-state index in [2.05, 4.69) is 49.1 Å². The molecule has 0 radical (unpaired) electrons. The Morgan fingerprint density at radius 1 is 1.30 bits per heavy atom. The second-order valence-corrected chi connectivity index (χ2v) is 6.96. The Morgan fingerprint density at radius 2 is 2.00 bits per heavy atom. The van der Waals surface area contributed by atoms with Gasteiger partial charge in [-0.3, -0.25) is 4.90 Å². The molecule has 2 atom stereocenters. The first-order chi connectivity index (χ1) is 9.57. The van der Waals surface area contributed by atoms with Crippen LogP contribution in [0.1, 0.15) is 25.8 Å². The summed E-state index contributed by atoms with van der Waals surface area (Å²) >= 11 is 0. The molecule has 1 saturated carbocycles. The van der Waals surface area contributed by atoms with Gasteiger partial charge < -0.3 is 9.84 Å². The van der Waals surface area contributed by atoms with Crippen LogP contribution in [-0.2, 0) is 11.3 Å². The van der Waals surface area contributed by atoms with Gasteiger partial charge >= 0.3 is 0 Å². The summed E-state index contributed by atoms with van der Waals surface area (Å²) in [6.07, 6.45) is 1.24. The second kappa shape index (κ2) is 5.14. The Bertz CT molecular complexity index is 459. The van der Waals surface area contributed by atoms with Gasteiger partial charge in [0.1, 0.15) is 0 Å². The quantitative estimate of drug-likeness (QED) is 0.915. The van der Waals surface area contributed by atoms with Crippen molar-refractivity contribution in [1.29, 1.82) is 0 Å². The Kier molecular flexibility index (Phi) is 3.61. The Morgan fingerprint density at radius 3 is 2.60 bits per heavy atom. The molecule has 1 aliphatic heterocycles. The summed E-state index contributed by atoms with van der Waals surface area (Å²) in [5, 5.41) is 9.82. The topological polar surface area (TPSA) is 32.7 Å². The van der Waals surface area contributed by atoms with Crippen LogP contribution in [0, 0.1) is 10.8 Å². The Labute approximate surface area is 121 Å². The van der Waals surface area contributed by atoms with E-state index in [9.17, 15) is 5.11 Å². The van der Waals surface area contributed by atoms with Crippen molar-refractivity contribution in [3.8, 4) is 0 Å². The smallest absolute Gasteiger partial charge is 0.0786 e. The lowest BCUT2D eigenvalue weighted by Crippen LogP contribution is -2.48. The lowest BCUT2D eigenvalue weighted by Gasteiger charge is -2.38. The minimum absolute atomic E-state index is 0.0254. The van der Waals surface area contributed by atoms with Gasteiger partial charge in [0.25, 0.3) is 0 Å². The number of ether oxygens (including phenoxy) is 1. The number of benzene rings is 1. The van der Waals surface area contributed by atoms with Crippen LogP contribution in [0.15, 0.2) is 30.3 Å². The fourth-order valence-corrected chi connectivity index (χ4v) is 3.69. The molecule has 1 aromatic rings. The van der Waals surface area contributed by atoms with Gasteiger partial charge in [-0.1, -0.05) is 44.2 Å². The minimum atomic E-state index is -0.0254. The van der Waals surface area contributed by atoms with Crippen molar-refractivity contribution in [2.75, 3.05) is 26.3 Å². The standard InChI is InChI=1S/C17H25NO2/c1-16(2)12-17(16,13-19)15-11-18(8-9-20-15)10-14-6-4-3-5-7-14/h3-7,15,19H,8-13H2,1-2H3. The van der Waals surface area contributed by atoms with E-state index in [0.717, 1.165) is 32.7 Å². The summed E-state index contributed by atoms with van der Waals surface area (Å²) < 4.78 is 6.00. The van der Waals surface area contributed by atoms with Crippen molar-refractivity contribution in [2.24, 2.45) is 10.8 Å². The summed E-state index contributed by atoms with van der Waals surface area (Å²) in [5.41, 5.74) is 1.53. The first-order valence-corrected chi connectivity index (χ1v) is 7.56. The van der Waals surface area contributed by atoms with Crippen molar-refractivity contribution in [2.45, 2.75) is 32.9 Å². The van der Waals surface area contributed by atoms with Crippen LogP contribution in [0.25, 0.3) is 0 Å². The molecule has 2 aliphatic rings. The third kappa shape index (κ3) is 2.39. The van der Waals surface area contributed by atoms with Crippen LogP contribution in [0.4, 0.5) is 0 Å². The zero-order chi connectivity index (χ0) is 14.2. The fourth-order valence-electron chi connectivity index (χ4n) is 3.69. The van der Waals surface area contributed by atoms with Gasteiger partial charge in [-0.25, -0.2) is 0 Å². The number of morpholine rings is 1. The summed E-state index contributed by atoms with van der Waals surface area (Å²) in [5.74, 6) is 0. The second-order valence-electron chi connectivity index (χ2n) is 6.96. The number of rotatable bonds is 4. The Balaban J connectivity index is 1.66. The third-order valence-electron chi connectivity index (χ3n) is 5.28. The highest BCUT2D eigenvalue weighted by Gasteiger charge is 2.65. The van der Waals surface area contributed by atoms with Crippen molar-refractivity contribution in [3.05, 3.63) is 35.9 Å². The van der Waals surface area contributed by atoms with E-state index in [0.29, 0.717) is 0 Å². The normalized spacial score (nSPS) is 33.0. The maximum absolute atomic E-state index is 9.82. The molecule has 0 amide bonds. The van der Waals surface area contributed by atoms with Crippen LogP contribution in [-0.4, -0.2) is 42.4 Å². The maximum Gasteiger partial charge on any atom is 0.0786 e. The van der Waals surface area contributed by atoms with Crippen molar-refractivity contribution >= 4 is 0 Å². The average Bonchev–Trinajstić information content (AvgIpc) is 3.04. The molecule has 20 heavy (non-hydrogen) atoms. The van der Waals surface area contributed by atoms with Gasteiger partial charge in [-0.15, -0.1) is 0 Å². The van der Waals surface area contributed by atoms with Gasteiger partial charge in [-0.2, -0.15) is 0 Å². The zero-order valence-electron chi connectivity index (χ0n) is 12.5. The third-order valence-corrected chi connectivity index (χ3v) is 5.28. The van der Waals surface area contributed by atoms with Gasteiger partial charge in [0.2, 0.25) is 0 Å². The largest absolute Gasteiger partial charge is 0.396 e. The predicted octanol–water partition coefficient (Wildman–Crippen LogP) is 2.30. The monoisotopic (exact) mass is 275 g/mol. The summed E-state index contributed by atoms with van der Waals surface area (Å²) in [6.45, 7) is 8.37. The van der Waals surface area contributed by atoms with Gasteiger partial charge in [0.15, 0.2) is 0 Å². The van der Waals surface area contributed by atoms with E-state index in [1.54, 1.807) is 0 Å². The van der Waals surface area contributed by atoms with E-state index >= 15 is 0 Å². The SMILES string of the molecule is CC1(C)CC1(CO)C1CN(Cc2ccccc2)CCO1. The predicted molar refractivity (Wildman–Crippen MR) is 79.4 cm³/mol. The number of nitrogens with zero attached hydrogens (tertiary/aromatic N) is 1. The maximum atomic E-state index is 9.82. The van der Waals surface area contributed by atoms with Gasteiger partial charge in [-0.05, 0) is 17.4 Å². The molecule has 0 bridgehead atoms. The Hall–Kier alpha value is -0.900. The fraction of sp³-hybridized carbons (Fsp3) is 0.647. The van der Waals surface area contributed by atoms with E-state index in [1.807, 2.05) is 0 Å². The summed E-state index contributed by atoms with van der Waals surface area (Å²) in [4.78, 5) is 2.45. The van der Waals surface area contributed by atoms with E-state index < -0.39 is 0 Å². The van der Waals surface area contributed by atoms with E-state index in [4.69, 9.17) is 4.74 Å². The van der Waals surface area contributed by atoms with Crippen molar-refractivity contribution < 1.29 is 9.84 Å². The molecule has 2 unspecified atom stereocenters. The number of aliphatic hydroxyl groups excluding tert-OH is 1. The highest BCUT2D eigenvalue weighted by molar-refractivity contribution is 5.16. The van der Waals surface area contributed by atoms with Gasteiger partial charge in [0.05, 0.1) is 19.3 Å². The zero-order valence-corrected chi connectivity index (χ0v) is 12.5. The molecule has 3 heteroatoms. The van der Waals surface area contributed by atoms with E-state index in [1.165, 1.54) is 5.56 Å². The molecule has 1 N–H and O–H groups in total. The summed E-state index contributed by atoms with van der Waals surface area (Å²) in [7, 11) is 0. The lowest BCUT2D eigenvalue weighted by molar-refractivity contribution is -0.0891. The molecule has 1 aliphatic carbocycles. The summed E-state index contributed by atoms with van der Waals surface area (Å²) in [6, 6.07) is 10.6. The molecular formula is C17H25NO2. The molecule has 1 saturated heterocycles. The van der Waals surface area contributed by atoms with Gasteiger partial charge in [0, 0.05) is 25.0 Å². The van der Waals surface area contributed by atoms with Crippen LogP contribution in [0.2, 0.25) is 0 Å². The first-order valence-electron chi connectivity index (χ1n) is 7.56. The first kappa shape index (κ1) is 14.1. The molecule has 0 spiro atoms. The molecule has 110 valence electrons. The number of aliphatic hydroxyl groups is 1. The lowest BCUT2D eigenvalue weighted by atomic mass is 9.89. The molecule has 2 fully saturated rings. The van der Waals surface area contributed by atoms with Crippen molar-refractivity contribution in [3.63, 3.8) is 0 Å². The average molecular weight is 275 g/mol. The highest BCUT2D eigenvalue weighted by atomic mass is 16.5. The minimum Gasteiger partial charge on any atom is -0.396 e. The van der Waals surface area contributed by atoms with Crippen molar-refractivity contribution in [1.82, 2.24) is 4.90 Å². The number of hydrogen-bond acceptors (Lipinski definition) is 3. The number of hydrogen-bond donors (Lipinski definition) is 1. The van der Waals surface area contributed by atoms with Crippen LogP contribution < -0.4 is 0 Å².